The number of benzene rings is 2. The van der Waals surface area contributed by atoms with Gasteiger partial charge >= 0.3 is 5.97 Å². The van der Waals surface area contributed by atoms with E-state index in [1.807, 2.05) is 6.07 Å². The molecule has 2 aromatic carbocycles. The fourth-order valence-electron chi connectivity index (χ4n) is 1.96. The van der Waals surface area contributed by atoms with E-state index in [2.05, 4.69) is 10.1 Å². The van der Waals surface area contributed by atoms with Crippen LogP contribution < -0.4 is 10.1 Å². The van der Waals surface area contributed by atoms with Crippen molar-refractivity contribution in [2.75, 3.05) is 13.7 Å². The highest BCUT2D eigenvalue weighted by atomic mass is 35.5. The summed E-state index contributed by atoms with van der Waals surface area (Å²) in [6, 6.07) is 13.2. The zero-order valence-corrected chi connectivity index (χ0v) is 14.2. The van der Waals surface area contributed by atoms with Crippen LogP contribution in [0.3, 0.4) is 0 Å². The maximum Gasteiger partial charge on any atom is 0.337 e. The van der Waals surface area contributed by atoms with Crippen molar-refractivity contribution in [3.63, 3.8) is 0 Å². The number of amides is 1. The van der Waals surface area contributed by atoms with Crippen LogP contribution in [0, 0.1) is 11.3 Å². The predicted octanol–water partition coefficient (Wildman–Crippen LogP) is 2.69. The SMILES string of the molecule is COC(=O)c1ccc(CNC(=O)COc2ccc(C#N)cc2Cl)cc1. The lowest BCUT2D eigenvalue weighted by Crippen LogP contribution is -2.28. The Morgan fingerprint density at radius 3 is 2.52 bits per heavy atom. The van der Waals surface area contributed by atoms with Gasteiger partial charge in [0.05, 0.1) is 29.3 Å². The number of esters is 1. The molecule has 0 aliphatic carbocycles. The molecule has 0 radical (unpaired) electrons. The first-order valence-electron chi connectivity index (χ1n) is 7.30. The van der Waals surface area contributed by atoms with Crippen molar-refractivity contribution in [1.82, 2.24) is 5.32 Å². The van der Waals surface area contributed by atoms with E-state index in [0.29, 0.717) is 23.4 Å². The van der Waals surface area contributed by atoms with Gasteiger partial charge in [0, 0.05) is 6.54 Å². The Hall–Kier alpha value is -3.04. The third kappa shape index (κ3) is 5.23. The summed E-state index contributed by atoms with van der Waals surface area (Å²) in [5.41, 5.74) is 1.69. The summed E-state index contributed by atoms with van der Waals surface area (Å²) in [7, 11) is 1.32. The number of nitrogens with one attached hydrogen (secondary N) is 1. The van der Waals surface area contributed by atoms with Gasteiger partial charge in [0.2, 0.25) is 0 Å². The molecule has 0 heterocycles. The number of methoxy groups -OCH3 is 1. The van der Waals surface area contributed by atoms with Crippen LogP contribution in [0.15, 0.2) is 42.5 Å². The van der Waals surface area contributed by atoms with E-state index in [-0.39, 0.29) is 17.5 Å². The molecular weight excluding hydrogens is 344 g/mol. The van der Waals surface area contributed by atoms with Crippen molar-refractivity contribution in [3.8, 4) is 11.8 Å². The van der Waals surface area contributed by atoms with Gasteiger partial charge < -0.3 is 14.8 Å². The second kappa shape index (κ2) is 8.71. The lowest BCUT2D eigenvalue weighted by atomic mass is 10.1. The molecule has 2 aromatic rings. The molecule has 1 amide bonds. The highest BCUT2D eigenvalue weighted by Crippen LogP contribution is 2.25. The lowest BCUT2D eigenvalue weighted by Gasteiger charge is -2.09. The minimum Gasteiger partial charge on any atom is -0.482 e. The number of nitriles is 1. The zero-order valence-electron chi connectivity index (χ0n) is 13.4. The smallest absolute Gasteiger partial charge is 0.337 e. The van der Waals surface area contributed by atoms with Crippen LogP contribution in [0.4, 0.5) is 0 Å². The Bertz CT molecular complexity index is 813. The third-order valence-electron chi connectivity index (χ3n) is 3.28. The van der Waals surface area contributed by atoms with Crippen LogP contribution in [-0.4, -0.2) is 25.6 Å². The van der Waals surface area contributed by atoms with Crippen LogP contribution in [0.2, 0.25) is 5.02 Å². The molecule has 0 saturated carbocycles. The molecule has 128 valence electrons. The normalized spacial score (nSPS) is 9.80. The maximum absolute atomic E-state index is 11.8. The number of carbonyl (C=O) groups is 2. The molecule has 0 fully saturated rings. The van der Waals surface area contributed by atoms with E-state index >= 15 is 0 Å². The van der Waals surface area contributed by atoms with Crippen LogP contribution in [-0.2, 0) is 16.1 Å². The topological polar surface area (TPSA) is 88.4 Å². The molecule has 0 spiro atoms. The molecular formula is C18H15ClN2O4. The summed E-state index contributed by atoms with van der Waals surface area (Å²) in [6.07, 6.45) is 0. The monoisotopic (exact) mass is 358 g/mol. The van der Waals surface area contributed by atoms with Crippen molar-refractivity contribution in [1.29, 1.82) is 5.26 Å². The van der Waals surface area contributed by atoms with E-state index in [4.69, 9.17) is 21.6 Å². The van der Waals surface area contributed by atoms with E-state index in [1.165, 1.54) is 13.2 Å². The average Bonchev–Trinajstić information content (AvgIpc) is 2.65. The van der Waals surface area contributed by atoms with Gasteiger partial charge in [-0.3, -0.25) is 4.79 Å². The molecule has 0 atom stereocenters. The van der Waals surface area contributed by atoms with Gasteiger partial charge in [0.1, 0.15) is 5.75 Å². The van der Waals surface area contributed by atoms with Gasteiger partial charge in [-0.1, -0.05) is 23.7 Å². The molecule has 1 N–H and O–H groups in total. The highest BCUT2D eigenvalue weighted by molar-refractivity contribution is 6.32. The zero-order chi connectivity index (χ0) is 18.2. The number of hydrogen-bond donors (Lipinski definition) is 1. The largest absolute Gasteiger partial charge is 0.482 e. The number of carbonyl (C=O) groups excluding carboxylic acids is 2. The van der Waals surface area contributed by atoms with Crippen molar-refractivity contribution >= 4 is 23.5 Å². The van der Waals surface area contributed by atoms with Gasteiger partial charge in [-0.2, -0.15) is 5.26 Å². The van der Waals surface area contributed by atoms with Crippen molar-refractivity contribution in [2.24, 2.45) is 0 Å². The molecule has 2 rings (SSSR count). The van der Waals surface area contributed by atoms with Gasteiger partial charge in [0.15, 0.2) is 6.61 Å². The van der Waals surface area contributed by atoms with Crippen LogP contribution >= 0.6 is 11.6 Å². The maximum atomic E-state index is 11.8. The molecule has 0 aliphatic heterocycles. The van der Waals surface area contributed by atoms with Crippen molar-refractivity contribution in [3.05, 3.63) is 64.2 Å². The number of hydrogen-bond acceptors (Lipinski definition) is 5. The Morgan fingerprint density at radius 1 is 1.20 bits per heavy atom. The van der Waals surface area contributed by atoms with E-state index in [0.717, 1.165) is 5.56 Å². The minimum absolute atomic E-state index is 0.203. The summed E-state index contributed by atoms with van der Waals surface area (Å²) in [6.45, 7) is 0.0939. The molecule has 6 nitrogen and oxygen atoms in total. The first-order valence-corrected chi connectivity index (χ1v) is 7.67. The number of nitrogens with zero attached hydrogens (tertiary/aromatic N) is 1. The summed E-state index contributed by atoms with van der Waals surface area (Å²) in [4.78, 5) is 23.2. The molecule has 0 aromatic heterocycles. The molecule has 0 saturated heterocycles. The average molecular weight is 359 g/mol. The van der Waals surface area contributed by atoms with Crippen LogP contribution in [0.25, 0.3) is 0 Å². The van der Waals surface area contributed by atoms with Gasteiger partial charge in [-0.15, -0.1) is 0 Å². The molecule has 0 aliphatic rings. The van der Waals surface area contributed by atoms with Gasteiger partial charge in [-0.05, 0) is 35.9 Å². The number of ether oxygens (including phenoxy) is 2. The molecule has 0 bridgehead atoms. The van der Waals surface area contributed by atoms with Crippen LogP contribution in [0.1, 0.15) is 21.5 Å². The number of rotatable bonds is 6. The van der Waals surface area contributed by atoms with Crippen molar-refractivity contribution < 1.29 is 19.1 Å². The van der Waals surface area contributed by atoms with Gasteiger partial charge in [0.25, 0.3) is 5.91 Å². The summed E-state index contributed by atoms with van der Waals surface area (Å²) in [5.74, 6) is -0.404. The quantitative estimate of drug-likeness (QED) is 0.802. The van der Waals surface area contributed by atoms with Crippen LogP contribution in [0.5, 0.6) is 5.75 Å². The molecule has 25 heavy (non-hydrogen) atoms. The standard InChI is InChI=1S/C18H15ClN2O4/c1-24-18(23)14-5-2-12(3-6-14)10-21-17(22)11-25-16-7-4-13(9-20)8-15(16)19/h2-8H,10-11H2,1H3,(H,21,22). The van der Waals surface area contributed by atoms with Gasteiger partial charge in [-0.25, -0.2) is 4.79 Å². The first kappa shape index (κ1) is 18.3. The fourth-order valence-corrected chi connectivity index (χ4v) is 2.19. The second-order valence-electron chi connectivity index (χ2n) is 5.01. The first-order chi connectivity index (χ1) is 12.0. The van der Waals surface area contributed by atoms with E-state index in [1.54, 1.807) is 36.4 Å². The van der Waals surface area contributed by atoms with E-state index < -0.39 is 5.97 Å². The third-order valence-corrected chi connectivity index (χ3v) is 3.58. The molecule has 0 unspecified atom stereocenters. The van der Waals surface area contributed by atoms with E-state index in [9.17, 15) is 9.59 Å². The Kier molecular flexibility index (Phi) is 6.38. The fraction of sp³-hybridized carbons (Fsp3) is 0.167. The Morgan fingerprint density at radius 2 is 1.92 bits per heavy atom. The summed E-state index contributed by atoms with van der Waals surface area (Å²) < 4.78 is 9.96. The summed E-state index contributed by atoms with van der Waals surface area (Å²) >= 11 is 5.97. The molecule has 7 heteroatoms. The highest BCUT2D eigenvalue weighted by Gasteiger charge is 2.08. The Labute approximate surface area is 149 Å². The number of halogens is 1. The minimum atomic E-state index is -0.414. The lowest BCUT2D eigenvalue weighted by molar-refractivity contribution is -0.123. The van der Waals surface area contributed by atoms with Crippen molar-refractivity contribution in [2.45, 2.75) is 6.54 Å². The summed E-state index contributed by atoms with van der Waals surface area (Å²) in [5, 5.41) is 11.7. The second-order valence-corrected chi connectivity index (χ2v) is 5.42. The predicted molar refractivity (Wildman–Crippen MR) is 91.3 cm³/mol. The Balaban J connectivity index is 1.83.